The largest absolute Gasteiger partial charge is 0.384 e. The maximum atomic E-state index is 12.9. The highest BCUT2D eigenvalue weighted by Gasteiger charge is 2.43. The monoisotopic (exact) mass is 485 g/mol. The second kappa shape index (κ2) is 8.09. The van der Waals surface area contributed by atoms with Gasteiger partial charge in [0.1, 0.15) is 18.0 Å². The molecule has 3 heterocycles. The Hall–Kier alpha value is -3.45. The molecule has 4 aromatic rings. The van der Waals surface area contributed by atoms with Gasteiger partial charge in [-0.3, -0.25) is 10.2 Å². The SMILES string of the molecule is N=C(N)c1ccc(CNC(=O)c2ccc3c(c2)C2OC3c3ccc(-c4ccc(Cl)s4)cc32)cc1. The molecule has 34 heavy (non-hydrogen) atoms. The molecular weight excluding hydrogens is 466 g/mol. The molecule has 2 bridgehead atoms. The van der Waals surface area contributed by atoms with Crippen molar-refractivity contribution in [2.75, 3.05) is 0 Å². The van der Waals surface area contributed by atoms with Gasteiger partial charge < -0.3 is 15.8 Å². The van der Waals surface area contributed by atoms with Crippen molar-refractivity contribution in [3.8, 4) is 10.4 Å². The molecule has 0 radical (unpaired) electrons. The number of nitrogen functional groups attached to an aromatic ring is 1. The zero-order valence-corrected chi connectivity index (χ0v) is 19.5. The maximum Gasteiger partial charge on any atom is 0.251 e. The molecule has 2 aliphatic heterocycles. The number of amidine groups is 1. The standard InChI is InChI=1S/C27H20ClN3O2S/c28-23-10-9-22(34-23)16-5-7-18-20(11-16)25-21-12-17(6-8-19(21)24(18)33-25)27(32)31-13-14-1-3-15(4-2-14)26(29)30/h1-12,24-25H,13H2,(H3,29,30)(H,31,32). The third-order valence-electron chi connectivity index (χ3n) is 6.41. The van der Waals surface area contributed by atoms with Crippen molar-refractivity contribution in [3.63, 3.8) is 0 Å². The van der Waals surface area contributed by atoms with E-state index in [0.29, 0.717) is 17.7 Å². The highest BCUT2D eigenvalue weighted by atomic mass is 35.5. The zero-order chi connectivity index (χ0) is 23.4. The lowest BCUT2D eigenvalue weighted by molar-refractivity contribution is 0.0857. The van der Waals surface area contributed by atoms with E-state index in [1.165, 1.54) is 5.56 Å². The van der Waals surface area contributed by atoms with Gasteiger partial charge in [-0.2, -0.15) is 0 Å². The average molecular weight is 486 g/mol. The molecule has 3 aromatic carbocycles. The van der Waals surface area contributed by atoms with Crippen LogP contribution < -0.4 is 11.1 Å². The molecule has 1 aromatic heterocycles. The summed E-state index contributed by atoms with van der Waals surface area (Å²) in [6, 6.07) is 23.5. The number of halogens is 1. The number of ether oxygens (including phenoxy) is 1. The minimum absolute atomic E-state index is 0.0260. The number of carbonyl (C=O) groups excluding carboxylic acids is 1. The van der Waals surface area contributed by atoms with E-state index in [9.17, 15) is 4.79 Å². The number of benzene rings is 3. The summed E-state index contributed by atoms with van der Waals surface area (Å²) < 4.78 is 7.09. The van der Waals surface area contributed by atoms with E-state index in [4.69, 9.17) is 27.5 Å². The third-order valence-corrected chi connectivity index (χ3v) is 7.69. The first-order chi connectivity index (χ1) is 16.5. The molecule has 7 heteroatoms. The van der Waals surface area contributed by atoms with E-state index in [1.807, 2.05) is 42.5 Å². The van der Waals surface area contributed by atoms with Gasteiger partial charge in [0.2, 0.25) is 0 Å². The molecule has 6 rings (SSSR count). The van der Waals surface area contributed by atoms with Crippen molar-refractivity contribution in [1.29, 1.82) is 5.41 Å². The average Bonchev–Trinajstić information content (AvgIpc) is 3.56. The summed E-state index contributed by atoms with van der Waals surface area (Å²) in [7, 11) is 0. The van der Waals surface area contributed by atoms with Crippen LogP contribution in [0.5, 0.6) is 0 Å². The van der Waals surface area contributed by atoms with Crippen LogP contribution in [0.3, 0.4) is 0 Å². The van der Waals surface area contributed by atoms with Gasteiger partial charge in [0.05, 0.1) is 4.34 Å². The van der Waals surface area contributed by atoms with E-state index in [1.54, 1.807) is 23.5 Å². The number of hydrogen-bond acceptors (Lipinski definition) is 4. The maximum absolute atomic E-state index is 12.9. The summed E-state index contributed by atoms with van der Waals surface area (Å²) in [5.41, 5.74) is 13.4. The molecule has 0 aliphatic carbocycles. The van der Waals surface area contributed by atoms with Crippen LogP contribution in [0.1, 0.15) is 55.9 Å². The zero-order valence-electron chi connectivity index (χ0n) is 18.0. The van der Waals surface area contributed by atoms with Crippen LogP contribution in [-0.2, 0) is 11.3 Å². The number of amides is 1. The fourth-order valence-corrected chi connectivity index (χ4v) is 5.74. The van der Waals surface area contributed by atoms with Gasteiger partial charge in [-0.15, -0.1) is 11.3 Å². The van der Waals surface area contributed by atoms with Crippen LogP contribution in [0.25, 0.3) is 10.4 Å². The number of fused-ring (bicyclic) bond motifs is 8. The molecule has 0 saturated heterocycles. The Morgan fingerprint density at radius 1 is 0.912 bits per heavy atom. The molecule has 168 valence electrons. The van der Waals surface area contributed by atoms with E-state index < -0.39 is 0 Å². The lowest BCUT2D eigenvalue weighted by Crippen LogP contribution is -2.23. The number of hydrogen-bond donors (Lipinski definition) is 3. The van der Waals surface area contributed by atoms with Crippen LogP contribution >= 0.6 is 22.9 Å². The van der Waals surface area contributed by atoms with Gasteiger partial charge in [0.25, 0.3) is 5.91 Å². The molecule has 0 fully saturated rings. The Bertz CT molecular complexity index is 1460. The highest BCUT2D eigenvalue weighted by Crippen LogP contribution is 2.55. The molecule has 2 unspecified atom stereocenters. The topological polar surface area (TPSA) is 88.2 Å². The smallest absolute Gasteiger partial charge is 0.251 e. The van der Waals surface area contributed by atoms with Crippen molar-refractivity contribution in [1.82, 2.24) is 5.32 Å². The van der Waals surface area contributed by atoms with Gasteiger partial charge in [0.15, 0.2) is 0 Å². The minimum Gasteiger partial charge on any atom is -0.384 e. The van der Waals surface area contributed by atoms with Crippen LogP contribution in [-0.4, -0.2) is 11.7 Å². The quantitative estimate of drug-likeness (QED) is 0.246. The second-order valence-corrected chi connectivity index (χ2v) is 10.2. The number of carbonyl (C=O) groups is 1. The van der Waals surface area contributed by atoms with Gasteiger partial charge in [-0.25, -0.2) is 0 Å². The molecule has 2 atom stereocenters. The lowest BCUT2D eigenvalue weighted by Gasteiger charge is -2.17. The first kappa shape index (κ1) is 21.1. The summed E-state index contributed by atoms with van der Waals surface area (Å²) in [6.45, 7) is 0.395. The Morgan fingerprint density at radius 3 is 2.29 bits per heavy atom. The van der Waals surface area contributed by atoms with E-state index in [-0.39, 0.29) is 24.0 Å². The first-order valence-electron chi connectivity index (χ1n) is 10.9. The normalized spacial score (nSPS) is 17.3. The first-order valence-corrected chi connectivity index (χ1v) is 12.1. The molecule has 2 aliphatic rings. The van der Waals surface area contributed by atoms with Crippen LogP contribution in [0.15, 0.2) is 72.8 Å². The minimum atomic E-state index is -0.169. The molecule has 5 nitrogen and oxygen atoms in total. The van der Waals surface area contributed by atoms with Crippen LogP contribution in [0.4, 0.5) is 0 Å². The highest BCUT2D eigenvalue weighted by molar-refractivity contribution is 7.19. The number of thiophene rings is 1. The molecule has 0 saturated carbocycles. The Morgan fingerprint density at radius 2 is 1.59 bits per heavy atom. The summed E-state index contributed by atoms with van der Waals surface area (Å²) in [5.74, 6) is -0.110. The van der Waals surface area contributed by atoms with Crippen molar-refractivity contribution in [3.05, 3.63) is 116 Å². The van der Waals surface area contributed by atoms with Crippen molar-refractivity contribution in [2.45, 2.75) is 18.8 Å². The van der Waals surface area contributed by atoms with Crippen molar-refractivity contribution in [2.24, 2.45) is 5.73 Å². The van der Waals surface area contributed by atoms with Crippen molar-refractivity contribution >= 4 is 34.7 Å². The second-order valence-electron chi connectivity index (χ2n) is 8.48. The molecule has 0 spiro atoms. The lowest BCUT2D eigenvalue weighted by atomic mass is 9.84. The predicted octanol–water partition coefficient (Wildman–Crippen LogP) is 5.80. The third kappa shape index (κ3) is 3.51. The summed E-state index contributed by atoms with van der Waals surface area (Å²) in [6.07, 6.45) is -0.259. The van der Waals surface area contributed by atoms with Gasteiger partial charge in [0, 0.05) is 22.5 Å². The molecular formula is C27H20ClN3O2S. The Labute approximate surface area is 205 Å². The summed E-state index contributed by atoms with van der Waals surface area (Å²) >= 11 is 7.69. The summed E-state index contributed by atoms with van der Waals surface area (Å²) in [4.78, 5) is 14.0. The predicted molar refractivity (Wildman–Crippen MR) is 135 cm³/mol. The van der Waals surface area contributed by atoms with E-state index in [0.717, 1.165) is 37.0 Å². The Kier molecular flexibility index (Phi) is 5.03. The Balaban J connectivity index is 1.22. The van der Waals surface area contributed by atoms with Crippen LogP contribution in [0.2, 0.25) is 4.34 Å². The fraction of sp³-hybridized carbons (Fsp3) is 0.111. The molecule has 1 amide bonds. The van der Waals surface area contributed by atoms with Crippen LogP contribution in [0, 0.1) is 5.41 Å². The number of nitrogens with two attached hydrogens (primary N) is 1. The van der Waals surface area contributed by atoms with E-state index >= 15 is 0 Å². The number of nitrogens with one attached hydrogen (secondary N) is 2. The van der Waals surface area contributed by atoms with Gasteiger partial charge in [-0.05, 0) is 63.7 Å². The number of rotatable bonds is 5. The fourth-order valence-electron chi connectivity index (χ4n) is 4.70. The van der Waals surface area contributed by atoms with Crippen molar-refractivity contribution < 1.29 is 9.53 Å². The van der Waals surface area contributed by atoms with Gasteiger partial charge in [-0.1, -0.05) is 54.1 Å². The van der Waals surface area contributed by atoms with Gasteiger partial charge >= 0.3 is 0 Å². The van der Waals surface area contributed by atoms with E-state index in [2.05, 4.69) is 23.5 Å². The summed E-state index contributed by atoms with van der Waals surface area (Å²) in [5, 5.41) is 10.5. The molecule has 4 N–H and O–H groups in total.